The number of hydrogen-bond donors (Lipinski definition) is 2. The summed E-state index contributed by atoms with van der Waals surface area (Å²) in [5.41, 5.74) is 13.6. The fourth-order valence-electron chi connectivity index (χ4n) is 2.95. The van der Waals surface area contributed by atoms with Crippen molar-refractivity contribution in [1.29, 1.82) is 0 Å². The Kier molecular flexibility index (Phi) is 5.63. The summed E-state index contributed by atoms with van der Waals surface area (Å²) < 4.78 is 0. The van der Waals surface area contributed by atoms with Gasteiger partial charge in [0.2, 0.25) is 0 Å². The Morgan fingerprint density at radius 1 is 1.27 bits per heavy atom. The highest BCUT2D eigenvalue weighted by atomic mass is 16.7. The monoisotopic (exact) mass is 308 g/mol. The van der Waals surface area contributed by atoms with Crippen LogP contribution in [0, 0.1) is 0 Å². The van der Waals surface area contributed by atoms with E-state index in [1.807, 2.05) is 6.92 Å². The Balaban J connectivity index is 2.39. The molecule has 22 heavy (non-hydrogen) atoms. The number of benzene rings is 1. The standard InChI is InChI=1S/C16H28N4O2/c1-6-16(17)20(22-5)15-10-12-8-13(19(2)3)7-11(12)9-14(15)18-21-4/h9-10,13,16,18H,6-8,17H2,1-5H3. The van der Waals surface area contributed by atoms with Gasteiger partial charge in [-0.2, -0.15) is 0 Å². The largest absolute Gasteiger partial charge is 0.309 e. The number of hydrogen-bond acceptors (Lipinski definition) is 6. The zero-order valence-corrected chi connectivity index (χ0v) is 14.2. The maximum atomic E-state index is 6.17. The lowest BCUT2D eigenvalue weighted by molar-refractivity contribution is 0.138. The molecular weight excluding hydrogens is 280 g/mol. The molecule has 0 bridgehead atoms. The predicted octanol–water partition coefficient (Wildman–Crippen LogP) is 1.75. The number of fused-ring (bicyclic) bond motifs is 1. The highest BCUT2D eigenvalue weighted by molar-refractivity contribution is 5.71. The highest BCUT2D eigenvalue weighted by Crippen LogP contribution is 2.35. The van der Waals surface area contributed by atoms with Crippen LogP contribution in [-0.2, 0) is 22.5 Å². The second-order valence-corrected chi connectivity index (χ2v) is 5.95. The predicted molar refractivity (Wildman–Crippen MR) is 89.7 cm³/mol. The van der Waals surface area contributed by atoms with Crippen molar-refractivity contribution in [3.05, 3.63) is 23.3 Å². The molecule has 6 nitrogen and oxygen atoms in total. The third-order valence-electron chi connectivity index (χ3n) is 4.32. The number of nitrogens with zero attached hydrogens (tertiary/aromatic N) is 2. The van der Waals surface area contributed by atoms with Crippen LogP contribution < -0.4 is 16.3 Å². The summed E-state index contributed by atoms with van der Waals surface area (Å²) in [4.78, 5) is 12.9. The van der Waals surface area contributed by atoms with Crippen molar-refractivity contribution in [3.63, 3.8) is 0 Å². The first-order valence-electron chi connectivity index (χ1n) is 7.71. The molecule has 0 amide bonds. The molecule has 0 saturated heterocycles. The lowest BCUT2D eigenvalue weighted by Gasteiger charge is -2.29. The zero-order valence-electron chi connectivity index (χ0n) is 14.2. The van der Waals surface area contributed by atoms with Gasteiger partial charge in [0.1, 0.15) is 6.17 Å². The number of nitrogens with one attached hydrogen (secondary N) is 1. The van der Waals surface area contributed by atoms with Crippen LogP contribution in [0.2, 0.25) is 0 Å². The van der Waals surface area contributed by atoms with Gasteiger partial charge in [-0.15, -0.1) is 0 Å². The number of likely N-dealkylation sites (N-methyl/N-ethyl adjacent to an activating group) is 1. The smallest absolute Gasteiger partial charge is 0.103 e. The van der Waals surface area contributed by atoms with E-state index in [-0.39, 0.29) is 6.17 Å². The molecular formula is C16H28N4O2. The van der Waals surface area contributed by atoms with Gasteiger partial charge in [-0.05, 0) is 56.6 Å². The van der Waals surface area contributed by atoms with E-state index in [9.17, 15) is 0 Å². The summed E-state index contributed by atoms with van der Waals surface area (Å²) >= 11 is 0. The molecule has 124 valence electrons. The SMILES string of the molecule is CCC(N)N(OC)c1cc2c(cc1NOC)CC(N(C)C)C2. The van der Waals surface area contributed by atoms with Crippen molar-refractivity contribution in [2.45, 2.75) is 38.4 Å². The maximum Gasteiger partial charge on any atom is 0.103 e. The van der Waals surface area contributed by atoms with Crippen molar-refractivity contribution in [2.24, 2.45) is 5.73 Å². The molecule has 2 rings (SSSR count). The summed E-state index contributed by atoms with van der Waals surface area (Å²) in [7, 11) is 7.50. The Morgan fingerprint density at radius 3 is 2.41 bits per heavy atom. The average Bonchev–Trinajstić information content (AvgIpc) is 2.91. The summed E-state index contributed by atoms with van der Waals surface area (Å²) in [6.07, 6.45) is 2.68. The molecule has 0 fully saturated rings. The van der Waals surface area contributed by atoms with Crippen LogP contribution in [0.1, 0.15) is 24.5 Å². The van der Waals surface area contributed by atoms with Gasteiger partial charge in [-0.3, -0.25) is 15.2 Å². The van der Waals surface area contributed by atoms with Crippen molar-refractivity contribution < 1.29 is 9.68 Å². The Bertz CT molecular complexity index is 507. The molecule has 0 radical (unpaired) electrons. The molecule has 1 aliphatic rings. The van der Waals surface area contributed by atoms with E-state index < -0.39 is 0 Å². The van der Waals surface area contributed by atoms with Crippen molar-refractivity contribution in [3.8, 4) is 0 Å². The zero-order chi connectivity index (χ0) is 16.3. The Labute approximate surface area is 133 Å². The van der Waals surface area contributed by atoms with Crippen LogP contribution in [0.5, 0.6) is 0 Å². The van der Waals surface area contributed by atoms with Gasteiger partial charge < -0.3 is 10.6 Å². The molecule has 1 aliphatic carbocycles. The van der Waals surface area contributed by atoms with Crippen molar-refractivity contribution >= 4 is 11.4 Å². The first-order chi connectivity index (χ1) is 10.5. The average molecular weight is 308 g/mol. The topological polar surface area (TPSA) is 63.0 Å². The van der Waals surface area contributed by atoms with Crippen LogP contribution in [0.15, 0.2) is 12.1 Å². The number of anilines is 2. The second kappa shape index (κ2) is 7.28. The first kappa shape index (κ1) is 17.0. The molecule has 6 heteroatoms. The molecule has 0 aliphatic heterocycles. The lowest BCUT2D eigenvalue weighted by Crippen LogP contribution is -2.41. The van der Waals surface area contributed by atoms with Crippen molar-refractivity contribution in [1.82, 2.24) is 4.90 Å². The molecule has 0 spiro atoms. The minimum atomic E-state index is -0.202. The van der Waals surface area contributed by atoms with Gasteiger partial charge in [-0.25, -0.2) is 5.06 Å². The van der Waals surface area contributed by atoms with E-state index in [4.69, 9.17) is 15.4 Å². The van der Waals surface area contributed by atoms with Crippen LogP contribution >= 0.6 is 0 Å². The normalized spacial score (nSPS) is 18.4. The summed E-state index contributed by atoms with van der Waals surface area (Å²) in [6, 6.07) is 4.85. The summed E-state index contributed by atoms with van der Waals surface area (Å²) in [6.45, 7) is 2.04. The van der Waals surface area contributed by atoms with Gasteiger partial charge in [0.05, 0.1) is 25.6 Å². The Hall–Kier alpha value is -1.34. The summed E-state index contributed by atoms with van der Waals surface area (Å²) in [5, 5.41) is 1.74. The first-order valence-corrected chi connectivity index (χ1v) is 7.71. The van der Waals surface area contributed by atoms with Gasteiger partial charge in [0.15, 0.2) is 0 Å². The molecule has 1 aromatic rings. The summed E-state index contributed by atoms with van der Waals surface area (Å²) in [5.74, 6) is 0. The number of rotatable bonds is 7. The van der Waals surface area contributed by atoms with Crippen molar-refractivity contribution in [2.75, 3.05) is 38.9 Å². The van der Waals surface area contributed by atoms with Crippen LogP contribution in [0.25, 0.3) is 0 Å². The van der Waals surface area contributed by atoms with E-state index in [2.05, 4.69) is 36.6 Å². The quantitative estimate of drug-likeness (QED) is 0.591. The lowest BCUT2D eigenvalue weighted by atomic mass is 10.1. The van der Waals surface area contributed by atoms with Gasteiger partial charge in [-0.1, -0.05) is 6.92 Å². The Morgan fingerprint density at radius 2 is 1.91 bits per heavy atom. The molecule has 1 aromatic carbocycles. The third-order valence-corrected chi connectivity index (χ3v) is 4.32. The van der Waals surface area contributed by atoms with E-state index in [1.165, 1.54) is 11.1 Å². The molecule has 2 unspecified atom stereocenters. The molecule has 2 atom stereocenters. The third kappa shape index (κ3) is 3.35. The van der Waals surface area contributed by atoms with E-state index in [0.717, 1.165) is 30.6 Å². The fourth-order valence-corrected chi connectivity index (χ4v) is 2.95. The molecule has 0 saturated carbocycles. The second-order valence-electron chi connectivity index (χ2n) is 5.95. The number of nitrogens with two attached hydrogens (primary N) is 1. The van der Waals surface area contributed by atoms with Crippen LogP contribution in [-0.4, -0.2) is 45.4 Å². The molecule has 0 heterocycles. The number of hydroxylamine groups is 1. The minimum Gasteiger partial charge on any atom is -0.309 e. The van der Waals surface area contributed by atoms with E-state index in [1.54, 1.807) is 19.3 Å². The van der Waals surface area contributed by atoms with Gasteiger partial charge in [0, 0.05) is 6.04 Å². The molecule has 3 N–H and O–H groups in total. The maximum absolute atomic E-state index is 6.17. The van der Waals surface area contributed by atoms with E-state index >= 15 is 0 Å². The van der Waals surface area contributed by atoms with E-state index in [0.29, 0.717) is 6.04 Å². The fraction of sp³-hybridized carbons (Fsp3) is 0.625. The van der Waals surface area contributed by atoms with Gasteiger partial charge >= 0.3 is 0 Å². The van der Waals surface area contributed by atoms with Gasteiger partial charge in [0.25, 0.3) is 0 Å². The minimum absolute atomic E-state index is 0.202. The highest BCUT2D eigenvalue weighted by Gasteiger charge is 2.27. The van der Waals surface area contributed by atoms with Crippen LogP contribution in [0.3, 0.4) is 0 Å². The molecule has 0 aromatic heterocycles. The van der Waals surface area contributed by atoms with Crippen LogP contribution in [0.4, 0.5) is 11.4 Å².